The molecule has 0 radical (unpaired) electrons. The van der Waals surface area contributed by atoms with Crippen molar-refractivity contribution in [3.63, 3.8) is 0 Å². The lowest BCUT2D eigenvalue weighted by molar-refractivity contribution is 0.0992. The first-order valence-electron chi connectivity index (χ1n) is 9.67. The van der Waals surface area contributed by atoms with E-state index in [1.54, 1.807) is 0 Å². The van der Waals surface area contributed by atoms with Gasteiger partial charge in [-0.2, -0.15) is 0 Å². The molecule has 0 amide bonds. The maximum Gasteiger partial charge on any atom is 0.191 e. The third-order valence-corrected chi connectivity index (χ3v) is 6.63. The fraction of sp³-hybridized carbons (Fsp3) is 0.737. The molecule has 4 unspecified atom stereocenters. The third-order valence-electron chi connectivity index (χ3n) is 5.77. The first kappa shape index (κ1) is 20.4. The van der Waals surface area contributed by atoms with E-state index in [0.717, 1.165) is 25.5 Å². The molecular formula is C19H31IN4OS. The van der Waals surface area contributed by atoms with Gasteiger partial charge in [0.15, 0.2) is 5.96 Å². The van der Waals surface area contributed by atoms with Crippen LogP contribution in [-0.4, -0.2) is 55.8 Å². The summed E-state index contributed by atoms with van der Waals surface area (Å²) in [5.41, 5.74) is 0. The zero-order valence-electron chi connectivity index (χ0n) is 15.5. The number of halogens is 1. The molecule has 3 aliphatic heterocycles. The number of rotatable bonds is 5. The van der Waals surface area contributed by atoms with E-state index >= 15 is 0 Å². The van der Waals surface area contributed by atoms with Crippen molar-refractivity contribution in [3.05, 3.63) is 22.4 Å². The fourth-order valence-electron chi connectivity index (χ4n) is 4.49. The fourth-order valence-corrected chi connectivity index (χ4v) is 5.23. The van der Waals surface area contributed by atoms with Gasteiger partial charge in [0.25, 0.3) is 0 Å². The van der Waals surface area contributed by atoms with Crippen LogP contribution in [0.1, 0.15) is 37.0 Å². The largest absolute Gasteiger partial charge is 0.373 e. The summed E-state index contributed by atoms with van der Waals surface area (Å²) >= 11 is 1.86. The monoisotopic (exact) mass is 490 g/mol. The van der Waals surface area contributed by atoms with Crippen molar-refractivity contribution in [2.45, 2.75) is 56.9 Å². The molecule has 4 rings (SSSR count). The first-order valence-corrected chi connectivity index (χ1v) is 10.6. The quantitative estimate of drug-likeness (QED) is 0.379. The summed E-state index contributed by atoms with van der Waals surface area (Å²) in [4.78, 5) is 8.50. The number of nitrogens with one attached hydrogen (secondary N) is 2. The zero-order chi connectivity index (χ0) is 17.1. The molecule has 7 heteroatoms. The molecule has 0 spiro atoms. The molecule has 2 bridgehead atoms. The van der Waals surface area contributed by atoms with Crippen LogP contribution in [0.4, 0.5) is 0 Å². The molecule has 146 valence electrons. The van der Waals surface area contributed by atoms with Crippen molar-refractivity contribution in [1.82, 2.24) is 15.5 Å². The average molecular weight is 490 g/mol. The van der Waals surface area contributed by atoms with E-state index in [4.69, 9.17) is 4.74 Å². The molecule has 3 saturated heterocycles. The molecule has 1 aromatic heterocycles. The molecule has 4 heterocycles. The highest BCUT2D eigenvalue weighted by molar-refractivity contribution is 14.0. The smallest absolute Gasteiger partial charge is 0.191 e. The Morgan fingerprint density at radius 3 is 3.00 bits per heavy atom. The maximum absolute atomic E-state index is 5.94. The van der Waals surface area contributed by atoms with E-state index in [-0.39, 0.29) is 24.0 Å². The van der Waals surface area contributed by atoms with Crippen LogP contribution in [-0.2, 0) is 11.3 Å². The summed E-state index contributed by atoms with van der Waals surface area (Å²) in [6.45, 7) is 4.51. The Balaban J connectivity index is 0.00000196. The molecule has 0 aliphatic carbocycles. The second kappa shape index (κ2) is 9.71. The van der Waals surface area contributed by atoms with E-state index in [1.165, 1.54) is 43.6 Å². The number of nitrogens with zero attached hydrogens (tertiary/aromatic N) is 2. The van der Waals surface area contributed by atoms with Gasteiger partial charge in [-0.05, 0) is 56.0 Å². The van der Waals surface area contributed by atoms with Crippen LogP contribution < -0.4 is 10.6 Å². The Morgan fingerprint density at radius 2 is 2.31 bits per heavy atom. The standard InChI is InChI=1S/C19H30N4OS.HI/c1-20-19(22-17-10-15-6-7-18(17)24-15)21-11-14-4-2-8-23(12-14)13-16-5-3-9-25-16;/h3,5,9,14-15,17-18H,2,4,6-8,10-13H2,1H3,(H2,20,21,22);1H. The van der Waals surface area contributed by atoms with Crippen molar-refractivity contribution in [1.29, 1.82) is 0 Å². The Bertz CT molecular complexity index is 582. The molecule has 2 N–H and O–H groups in total. The number of likely N-dealkylation sites (tertiary alicyclic amines) is 1. The minimum Gasteiger partial charge on any atom is -0.373 e. The normalized spacial score (nSPS) is 31.7. The van der Waals surface area contributed by atoms with Crippen molar-refractivity contribution in [3.8, 4) is 0 Å². The molecular weight excluding hydrogens is 459 g/mol. The van der Waals surface area contributed by atoms with Crippen LogP contribution in [0.5, 0.6) is 0 Å². The number of aliphatic imine (C=N–C) groups is 1. The molecule has 3 fully saturated rings. The summed E-state index contributed by atoms with van der Waals surface area (Å²) in [5, 5.41) is 9.32. The van der Waals surface area contributed by atoms with Gasteiger partial charge >= 0.3 is 0 Å². The molecule has 5 nitrogen and oxygen atoms in total. The lowest BCUT2D eigenvalue weighted by atomic mass is 9.95. The Labute approximate surface area is 178 Å². The van der Waals surface area contributed by atoms with E-state index in [9.17, 15) is 0 Å². The van der Waals surface area contributed by atoms with Crippen molar-refractivity contribution < 1.29 is 4.74 Å². The van der Waals surface area contributed by atoms with Crippen LogP contribution in [0, 0.1) is 5.92 Å². The second-order valence-corrected chi connectivity index (χ2v) is 8.67. The van der Waals surface area contributed by atoms with E-state index in [1.807, 2.05) is 18.4 Å². The van der Waals surface area contributed by atoms with Gasteiger partial charge in [0.1, 0.15) is 0 Å². The van der Waals surface area contributed by atoms with Crippen LogP contribution in [0.2, 0.25) is 0 Å². The van der Waals surface area contributed by atoms with Crippen molar-refractivity contribution in [2.75, 3.05) is 26.7 Å². The summed E-state index contributed by atoms with van der Waals surface area (Å²) in [7, 11) is 1.87. The molecule has 3 aliphatic rings. The zero-order valence-corrected chi connectivity index (χ0v) is 18.7. The van der Waals surface area contributed by atoms with E-state index in [0.29, 0.717) is 24.2 Å². The number of guanidine groups is 1. The molecule has 1 aromatic rings. The number of hydrogen-bond acceptors (Lipinski definition) is 4. The van der Waals surface area contributed by atoms with Crippen LogP contribution >= 0.6 is 35.3 Å². The molecule has 26 heavy (non-hydrogen) atoms. The summed E-state index contributed by atoms with van der Waals surface area (Å²) < 4.78 is 5.94. The van der Waals surface area contributed by atoms with E-state index in [2.05, 4.69) is 38.0 Å². The maximum atomic E-state index is 5.94. The Kier molecular flexibility index (Phi) is 7.60. The Hall–Kier alpha value is -0.380. The number of fused-ring (bicyclic) bond motifs is 2. The first-order chi connectivity index (χ1) is 12.3. The van der Waals surface area contributed by atoms with Gasteiger partial charge in [-0.15, -0.1) is 35.3 Å². The lowest BCUT2D eigenvalue weighted by Gasteiger charge is -2.33. The number of hydrogen-bond donors (Lipinski definition) is 2. The predicted octanol–water partition coefficient (Wildman–Crippen LogP) is 3.06. The third kappa shape index (κ3) is 5.11. The van der Waals surface area contributed by atoms with Gasteiger partial charge < -0.3 is 15.4 Å². The van der Waals surface area contributed by atoms with Gasteiger partial charge in [-0.3, -0.25) is 9.89 Å². The number of thiophene rings is 1. The highest BCUT2D eigenvalue weighted by Crippen LogP contribution is 2.34. The van der Waals surface area contributed by atoms with Gasteiger partial charge in [0.05, 0.1) is 18.2 Å². The van der Waals surface area contributed by atoms with Gasteiger partial charge in [-0.1, -0.05) is 6.07 Å². The van der Waals surface area contributed by atoms with Gasteiger partial charge in [0.2, 0.25) is 0 Å². The topological polar surface area (TPSA) is 48.9 Å². The van der Waals surface area contributed by atoms with E-state index < -0.39 is 0 Å². The molecule has 0 aromatic carbocycles. The van der Waals surface area contributed by atoms with Crippen LogP contribution in [0.15, 0.2) is 22.5 Å². The average Bonchev–Trinajstić information content (AvgIpc) is 3.37. The summed E-state index contributed by atoms with van der Waals surface area (Å²) in [5.74, 6) is 1.64. The SMILES string of the molecule is CN=C(NCC1CCCN(Cc2cccs2)C1)NC1CC2CCC1O2.I. The lowest BCUT2D eigenvalue weighted by Crippen LogP contribution is -2.49. The predicted molar refractivity (Wildman–Crippen MR) is 119 cm³/mol. The minimum absolute atomic E-state index is 0. The highest BCUT2D eigenvalue weighted by Gasteiger charge is 2.41. The highest BCUT2D eigenvalue weighted by atomic mass is 127. The van der Waals surface area contributed by atoms with Crippen LogP contribution in [0.25, 0.3) is 0 Å². The van der Waals surface area contributed by atoms with Gasteiger partial charge in [-0.25, -0.2) is 0 Å². The molecule has 0 saturated carbocycles. The number of piperidine rings is 1. The van der Waals surface area contributed by atoms with Crippen molar-refractivity contribution in [2.24, 2.45) is 10.9 Å². The second-order valence-electron chi connectivity index (χ2n) is 7.64. The summed E-state index contributed by atoms with van der Waals surface area (Å²) in [6.07, 6.45) is 7.02. The minimum atomic E-state index is 0. The van der Waals surface area contributed by atoms with Crippen molar-refractivity contribution >= 4 is 41.3 Å². The van der Waals surface area contributed by atoms with Crippen LogP contribution in [0.3, 0.4) is 0 Å². The van der Waals surface area contributed by atoms with Gasteiger partial charge in [0, 0.05) is 31.6 Å². The number of ether oxygens (including phenoxy) is 1. The summed E-state index contributed by atoms with van der Waals surface area (Å²) in [6, 6.07) is 4.83. The molecule has 4 atom stereocenters. The Morgan fingerprint density at radius 1 is 1.38 bits per heavy atom.